The minimum atomic E-state index is 0.905. The van der Waals surface area contributed by atoms with Gasteiger partial charge in [-0.25, -0.2) is 0 Å². The molecule has 1 nitrogen and oxygen atoms in total. The Morgan fingerprint density at radius 2 is 2.21 bits per heavy atom. The molecule has 1 rings (SSSR count). The fraction of sp³-hybridized carbons (Fsp3) is 0.333. The van der Waals surface area contributed by atoms with Crippen LogP contribution in [0.1, 0.15) is 18.9 Å². The monoisotopic (exact) mass is 205 g/mol. The Kier molecular flexibility index (Phi) is 4.42. The predicted molar refractivity (Wildman–Crippen MR) is 64.4 cm³/mol. The maximum absolute atomic E-state index is 5.94. The summed E-state index contributed by atoms with van der Waals surface area (Å²) in [6, 6.07) is 6.14. The highest BCUT2D eigenvalue weighted by molar-refractivity contribution is 7.99. The summed E-state index contributed by atoms with van der Waals surface area (Å²) in [5.41, 5.74) is 7.99. The first-order chi connectivity index (χ1) is 6.75. The van der Waals surface area contributed by atoms with Crippen molar-refractivity contribution in [1.82, 2.24) is 0 Å². The molecule has 0 radical (unpaired) electrons. The first-order valence-electron chi connectivity index (χ1n) is 4.63. The van der Waals surface area contributed by atoms with Crippen molar-refractivity contribution in [2.75, 3.05) is 11.5 Å². The van der Waals surface area contributed by atoms with Gasteiger partial charge in [-0.05, 0) is 25.5 Å². The molecule has 0 saturated heterocycles. The number of thioether (sulfide) groups is 1. The second kappa shape index (κ2) is 5.62. The number of para-hydroxylation sites is 1. The third-order valence-corrected chi connectivity index (χ3v) is 3.02. The van der Waals surface area contributed by atoms with Gasteiger partial charge in [-0.1, -0.05) is 12.1 Å². The fourth-order valence-corrected chi connectivity index (χ4v) is 2.03. The van der Waals surface area contributed by atoms with Gasteiger partial charge in [0.1, 0.15) is 0 Å². The van der Waals surface area contributed by atoms with Crippen LogP contribution < -0.4 is 5.73 Å². The van der Waals surface area contributed by atoms with Gasteiger partial charge in [0.2, 0.25) is 0 Å². The highest BCUT2D eigenvalue weighted by Gasteiger charge is 2.00. The second-order valence-corrected chi connectivity index (χ2v) is 4.15. The number of anilines is 1. The van der Waals surface area contributed by atoms with Crippen LogP contribution in [0.2, 0.25) is 0 Å². The van der Waals surface area contributed by atoms with Gasteiger partial charge >= 0.3 is 0 Å². The molecule has 14 heavy (non-hydrogen) atoms. The maximum Gasteiger partial charge on any atom is 0.0481 e. The second-order valence-electron chi connectivity index (χ2n) is 3.01. The molecule has 1 aromatic carbocycles. The van der Waals surface area contributed by atoms with Gasteiger partial charge in [-0.3, -0.25) is 0 Å². The van der Waals surface area contributed by atoms with E-state index in [0.29, 0.717) is 0 Å². The normalized spacial score (nSPS) is 9.29. The quantitative estimate of drug-likeness (QED) is 0.355. The summed E-state index contributed by atoms with van der Waals surface area (Å²) in [5, 5.41) is 0. The lowest BCUT2D eigenvalue weighted by Crippen LogP contribution is -1.92. The molecule has 0 spiro atoms. The van der Waals surface area contributed by atoms with Crippen LogP contribution >= 0.6 is 11.8 Å². The Hall–Kier alpha value is -1.07. The molecule has 0 heterocycles. The zero-order valence-electron chi connectivity index (χ0n) is 8.63. The van der Waals surface area contributed by atoms with E-state index in [2.05, 4.69) is 17.9 Å². The van der Waals surface area contributed by atoms with Crippen LogP contribution in [-0.4, -0.2) is 5.75 Å². The Bertz CT molecular complexity index is 360. The Morgan fingerprint density at radius 3 is 2.93 bits per heavy atom. The zero-order chi connectivity index (χ0) is 10.4. The standard InChI is InChI=1S/C12H15NS/c1-3-4-5-9-14-11-8-6-7-10(2)12(11)13/h6-8H,5,9,13H2,1-2H3. The van der Waals surface area contributed by atoms with Crippen LogP contribution in [0.25, 0.3) is 0 Å². The summed E-state index contributed by atoms with van der Waals surface area (Å²) in [6.45, 7) is 3.90. The predicted octanol–water partition coefficient (Wildman–Crippen LogP) is 3.08. The van der Waals surface area contributed by atoms with E-state index in [0.717, 1.165) is 23.4 Å². The molecule has 0 amide bonds. The van der Waals surface area contributed by atoms with Crippen LogP contribution in [0.5, 0.6) is 0 Å². The SMILES string of the molecule is CC#CCCSc1cccc(C)c1N. The van der Waals surface area contributed by atoms with E-state index in [1.165, 1.54) is 4.90 Å². The molecule has 74 valence electrons. The number of nitrogen functional groups attached to an aromatic ring is 1. The van der Waals surface area contributed by atoms with Crippen molar-refractivity contribution in [3.8, 4) is 11.8 Å². The number of hydrogen-bond donors (Lipinski definition) is 1. The number of rotatable bonds is 3. The van der Waals surface area contributed by atoms with E-state index in [9.17, 15) is 0 Å². The van der Waals surface area contributed by atoms with E-state index >= 15 is 0 Å². The van der Waals surface area contributed by atoms with E-state index in [1.807, 2.05) is 26.0 Å². The fourth-order valence-electron chi connectivity index (χ4n) is 1.12. The molecule has 0 aliphatic heterocycles. The lowest BCUT2D eigenvalue weighted by molar-refractivity contribution is 1.28. The number of benzene rings is 1. The Balaban J connectivity index is 2.57. The molecule has 0 saturated carbocycles. The minimum absolute atomic E-state index is 0.905. The Morgan fingerprint density at radius 1 is 1.43 bits per heavy atom. The number of aryl methyl sites for hydroxylation is 1. The third-order valence-electron chi connectivity index (χ3n) is 1.95. The lowest BCUT2D eigenvalue weighted by Gasteiger charge is -2.06. The molecule has 0 unspecified atom stereocenters. The van der Waals surface area contributed by atoms with Crippen LogP contribution in [0.15, 0.2) is 23.1 Å². The van der Waals surface area contributed by atoms with Crippen LogP contribution in [0, 0.1) is 18.8 Å². The van der Waals surface area contributed by atoms with Gasteiger partial charge in [0.15, 0.2) is 0 Å². The van der Waals surface area contributed by atoms with Gasteiger partial charge in [-0.15, -0.1) is 23.6 Å². The van der Waals surface area contributed by atoms with Crippen molar-refractivity contribution in [2.24, 2.45) is 0 Å². The minimum Gasteiger partial charge on any atom is -0.398 e. The van der Waals surface area contributed by atoms with E-state index in [-0.39, 0.29) is 0 Å². The molecule has 0 bridgehead atoms. The molecular weight excluding hydrogens is 190 g/mol. The first kappa shape index (κ1) is 11.0. The number of hydrogen-bond acceptors (Lipinski definition) is 2. The first-order valence-corrected chi connectivity index (χ1v) is 5.61. The maximum atomic E-state index is 5.94. The summed E-state index contributed by atoms with van der Waals surface area (Å²) in [4.78, 5) is 1.17. The van der Waals surface area contributed by atoms with Gasteiger partial charge in [0, 0.05) is 22.8 Å². The van der Waals surface area contributed by atoms with Gasteiger partial charge < -0.3 is 5.73 Å². The molecule has 1 aromatic rings. The zero-order valence-corrected chi connectivity index (χ0v) is 9.45. The molecule has 0 aromatic heterocycles. The lowest BCUT2D eigenvalue weighted by atomic mass is 10.2. The van der Waals surface area contributed by atoms with Gasteiger partial charge in [-0.2, -0.15) is 0 Å². The Labute approximate surface area is 90.1 Å². The summed E-state index contributed by atoms with van der Waals surface area (Å²) >= 11 is 1.77. The molecule has 0 atom stereocenters. The van der Waals surface area contributed by atoms with Crippen molar-refractivity contribution in [3.63, 3.8) is 0 Å². The van der Waals surface area contributed by atoms with Crippen molar-refractivity contribution in [2.45, 2.75) is 25.2 Å². The third kappa shape index (κ3) is 3.01. The molecule has 0 aliphatic rings. The smallest absolute Gasteiger partial charge is 0.0481 e. The summed E-state index contributed by atoms with van der Waals surface area (Å²) < 4.78 is 0. The summed E-state index contributed by atoms with van der Waals surface area (Å²) in [5.74, 6) is 6.93. The highest BCUT2D eigenvalue weighted by Crippen LogP contribution is 2.27. The average molecular weight is 205 g/mol. The van der Waals surface area contributed by atoms with Crippen LogP contribution in [-0.2, 0) is 0 Å². The largest absolute Gasteiger partial charge is 0.398 e. The van der Waals surface area contributed by atoms with Crippen LogP contribution in [0.3, 0.4) is 0 Å². The molecule has 0 aliphatic carbocycles. The van der Waals surface area contributed by atoms with E-state index < -0.39 is 0 Å². The average Bonchev–Trinajstić information content (AvgIpc) is 2.19. The van der Waals surface area contributed by atoms with Crippen LogP contribution in [0.4, 0.5) is 5.69 Å². The molecule has 2 N–H and O–H groups in total. The number of nitrogens with two attached hydrogens (primary N) is 1. The molecule has 0 fully saturated rings. The van der Waals surface area contributed by atoms with Gasteiger partial charge in [0.05, 0.1) is 0 Å². The van der Waals surface area contributed by atoms with Crippen molar-refractivity contribution < 1.29 is 0 Å². The summed E-state index contributed by atoms with van der Waals surface area (Å²) in [6.07, 6.45) is 0.925. The van der Waals surface area contributed by atoms with E-state index in [4.69, 9.17) is 5.73 Å². The molecule has 2 heteroatoms. The highest BCUT2D eigenvalue weighted by atomic mass is 32.2. The van der Waals surface area contributed by atoms with E-state index in [1.54, 1.807) is 11.8 Å². The van der Waals surface area contributed by atoms with Crippen molar-refractivity contribution >= 4 is 17.4 Å². The van der Waals surface area contributed by atoms with Crippen molar-refractivity contribution in [3.05, 3.63) is 23.8 Å². The van der Waals surface area contributed by atoms with Gasteiger partial charge in [0.25, 0.3) is 0 Å². The molecular formula is C12H15NS. The summed E-state index contributed by atoms with van der Waals surface area (Å²) in [7, 11) is 0. The topological polar surface area (TPSA) is 26.0 Å². The van der Waals surface area contributed by atoms with Crippen molar-refractivity contribution in [1.29, 1.82) is 0 Å².